The second-order valence-corrected chi connectivity index (χ2v) is 6.13. The smallest absolute Gasteiger partial charge is 0.274 e. The quantitative estimate of drug-likeness (QED) is 0.647. The summed E-state index contributed by atoms with van der Waals surface area (Å²) in [6, 6.07) is 1.78. The number of thioether (sulfide) groups is 1. The van der Waals surface area contributed by atoms with Crippen LogP contribution >= 0.6 is 11.8 Å². The molecule has 8 nitrogen and oxygen atoms in total. The number of anilines is 2. The molecule has 1 aliphatic rings. The first-order valence-electron chi connectivity index (χ1n) is 7.66. The molecule has 1 amide bonds. The van der Waals surface area contributed by atoms with E-state index in [2.05, 4.69) is 24.8 Å². The van der Waals surface area contributed by atoms with E-state index >= 15 is 0 Å². The summed E-state index contributed by atoms with van der Waals surface area (Å²) in [4.78, 5) is 33.2. The van der Waals surface area contributed by atoms with Crippen molar-refractivity contribution in [3.05, 3.63) is 30.4 Å². The lowest BCUT2D eigenvalue weighted by Crippen LogP contribution is -2.35. The zero-order chi connectivity index (χ0) is 16.9. The Labute approximate surface area is 144 Å². The van der Waals surface area contributed by atoms with Crippen molar-refractivity contribution >= 4 is 29.3 Å². The highest BCUT2D eigenvalue weighted by Crippen LogP contribution is 2.20. The Hall–Kier alpha value is -2.42. The largest absolute Gasteiger partial charge is 0.383 e. The van der Waals surface area contributed by atoms with Gasteiger partial charge in [0.1, 0.15) is 17.3 Å². The fourth-order valence-corrected chi connectivity index (χ4v) is 2.99. The van der Waals surface area contributed by atoms with Gasteiger partial charge in [0.15, 0.2) is 5.16 Å². The normalized spacial score (nSPS) is 15.2. The average molecular weight is 345 g/mol. The lowest BCUT2D eigenvalue weighted by molar-refractivity contribution is 0.0760. The minimum Gasteiger partial charge on any atom is -0.383 e. The molecule has 126 valence electrons. The second-order valence-electron chi connectivity index (χ2n) is 5.36. The van der Waals surface area contributed by atoms with E-state index in [-0.39, 0.29) is 5.91 Å². The molecule has 3 heterocycles. The summed E-state index contributed by atoms with van der Waals surface area (Å²) in [7, 11) is 0. The summed E-state index contributed by atoms with van der Waals surface area (Å²) in [5, 5.41) is 0.654. The van der Waals surface area contributed by atoms with Gasteiger partial charge in [0.25, 0.3) is 5.91 Å². The lowest BCUT2D eigenvalue weighted by Gasteiger charge is -2.23. The Morgan fingerprint density at radius 3 is 2.83 bits per heavy atom. The van der Waals surface area contributed by atoms with E-state index in [9.17, 15) is 4.79 Å². The van der Waals surface area contributed by atoms with Crippen LogP contribution in [0.1, 0.15) is 16.9 Å². The summed E-state index contributed by atoms with van der Waals surface area (Å²) < 4.78 is 0. The van der Waals surface area contributed by atoms with Crippen LogP contribution in [0.5, 0.6) is 0 Å². The molecule has 0 radical (unpaired) electrons. The first-order valence-corrected chi connectivity index (χ1v) is 8.88. The number of hydrogen-bond donors (Lipinski definition) is 1. The zero-order valence-electron chi connectivity index (χ0n) is 13.4. The topological polar surface area (TPSA) is 101 Å². The molecule has 0 saturated carbocycles. The molecule has 1 aliphatic heterocycles. The Bertz CT molecular complexity index is 712. The molecule has 24 heavy (non-hydrogen) atoms. The van der Waals surface area contributed by atoms with Crippen molar-refractivity contribution < 1.29 is 4.79 Å². The van der Waals surface area contributed by atoms with Crippen molar-refractivity contribution in [2.75, 3.05) is 43.1 Å². The minimum atomic E-state index is -0.0862. The average Bonchev–Trinajstić information content (AvgIpc) is 2.87. The van der Waals surface area contributed by atoms with Crippen LogP contribution < -0.4 is 10.6 Å². The summed E-state index contributed by atoms with van der Waals surface area (Å²) in [6.07, 6.45) is 7.36. The number of amides is 1. The van der Waals surface area contributed by atoms with E-state index in [1.807, 2.05) is 11.2 Å². The fourth-order valence-electron chi connectivity index (χ4n) is 2.60. The molecule has 1 saturated heterocycles. The van der Waals surface area contributed by atoms with E-state index in [1.165, 1.54) is 24.2 Å². The maximum absolute atomic E-state index is 12.5. The van der Waals surface area contributed by atoms with Gasteiger partial charge >= 0.3 is 0 Å². The third-order valence-corrected chi connectivity index (χ3v) is 4.33. The number of hydrogen-bond acceptors (Lipinski definition) is 8. The molecule has 0 bridgehead atoms. The van der Waals surface area contributed by atoms with E-state index < -0.39 is 0 Å². The molecule has 0 spiro atoms. The first kappa shape index (κ1) is 16.4. The molecule has 3 rings (SSSR count). The van der Waals surface area contributed by atoms with Gasteiger partial charge in [-0.3, -0.25) is 9.78 Å². The number of nitrogens with two attached hydrogens (primary N) is 1. The van der Waals surface area contributed by atoms with E-state index in [0.29, 0.717) is 36.3 Å². The van der Waals surface area contributed by atoms with Crippen LogP contribution in [0.3, 0.4) is 0 Å². The van der Waals surface area contributed by atoms with Crippen LogP contribution in [0.25, 0.3) is 0 Å². The molecule has 2 aromatic heterocycles. The molecular weight excluding hydrogens is 326 g/mol. The Morgan fingerprint density at radius 2 is 2.08 bits per heavy atom. The van der Waals surface area contributed by atoms with Gasteiger partial charge in [-0.05, 0) is 12.7 Å². The van der Waals surface area contributed by atoms with Gasteiger partial charge in [0.05, 0.1) is 6.20 Å². The SMILES string of the molecule is CSc1nc(N)cc(N2CCCN(C(=O)c3cnccn3)CC2)n1. The molecule has 0 aliphatic carbocycles. The number of carbonyl (C=O) groups excluding carboxylic acids is 1. The fraction of sp³-hybridized carbons (Fsp3) is 0.400. The minimum absolute atomic E-state index is 0.0862. The predicted octanol–water partition coefficient (Wildman–Crippen LogP) is 0.923. The molecule has 0 atom stereocenters. The van der Waals surface area contributed by atoms with Gasteiger partial charge in [0, 0.05) is 44.6 Å². The molecule has 0 unspecified atom stereocenters. The van der Waals surface area contributed by atoms with Crippen LogP contribution in [0.2, 0.25) is 0 Å². The van der Waals surface area contributed by atoms with Gasteiger partial charge in [0.2, 0.25) is 0 Å². The highest BCUT2D eigenvalue weighted by molar-refractivity contribution is 7.98. The number of aromatic nitrogens is 4. The molecule has 1 fully saturated rings. The van der Waals surface area contributed by atoms with Crippen molar-refractivity contribution in [1.82, 2.24) is 24.8 Å². The van der Waals surface area contributed by atoms with Crippen molar-refractivity contribution in [2.24, 2.45) is 0 Å². The van der Waals surface area contributed by atoms with Gasteiger partial charge < -0.3 is 15.5 Å². The van der Waals surface area contributed by atoms with E-state index in [0.717, 1.165) is 18.8 Å². The maximum atomic E-state index is 12.5. The summed E-state index contributed by atoms with van der Waals surface area (Å²) >= 11 is 1.46. The van der Waals surface area contributed by atoms with Gasteiger partial charge in [-0.1, -0.05) is 11.8 Å². The predicted molar refractivity (Wildman–Crippen MR) is 93.0 cm³/mol. The summed E-state index contributed by atoms with van der Waals surface area (Å²) in [5.74, 6) is 1.18. The Balaban J connectivity index is 1.71. The summed E-state index contributed by atoms with van der Waals surface area (Å²) in [6.45, 7) is 2.79. The number of carbonyl (C=O) groups is 1. The number of nitrogen functional groups attached to an aromatic ring is 1. The van der Waals surface area contributed by atoms with Gasteiger partial charge in [-0.2, -0.15) is 0 Å². The number of rotatable bonds is 3. The van der Waals surface area contributed by atoms with Crippen LogP contribution in [-0.4, -0.2) is 63.2 Å². The van der Waals surface area contributed by atoms with Crippen LogP contribution in [-0.2, 0) is 0 Å². The van der Waals surface area contributed by atoms with Crippen molar-refractivity contribution in [3.63, 3.8) is 0 Å². The lowest BCUT2D eigenvalue weighted by atomic mass is 10.3. The standard InChI is InChI=1S/C15H19N7OS/c1-24-15-19-12(16)9-13(20-15)21-5-2-6-22(8-7-21)14(23)11-10-17-3-4-18-11/h3-4,9-10H,2,5-8H2,1H3,(H2,16,19,20). The second kappa shape index (κ2) is 7.43. The van der Waals surface area contributed by atoms with Crippen molar-refractivity contribution in [2.45, 2.75) is 11.6 Å². The Kier molecular flexibility index (Phi) is 5.09. The monoisotopic (exact) mass is 345 g/mol. The molecule has 0 aromatic carbocycles. The highest BCUT2D eigenvalue weighted by Gasteiger charge is 2.22. The van der Waals surface area contributed by atoms with Crippen LogP contribution in [0.15, 0.2) is 29.8 Å². The Morgan fingerprint density at radius 1 is 1.21 bits per heavy atom. The molecule has 2 N–H and O–H groups in total. The van der Waals surface area contributed by atoms with Crippen LogP contribution in [0.4, 0.5) is 11.6 Å². The molecule has 9 heteroatoms. The molecule has 2 aromatic rings. The zero-order valence-corrected chi connectivity index (χ0v) is 14.2. The highest BCUT2D eigenvalue weighted by atomic mass is 32.2. The van der Waals surface area contributed by atoms with Crippen molar-refractivity contribution in [1.29, 1.82) is 0 Å². The van der Waals surface area contributed by atoms with E-state index in [4.69, 9.17) is 5.73 Å². The van der Waals surface area contributed by atoms with Crippen molar-refractivity contribution in [3.8, 4) is 0 Å². The molecular formula is C15H19N7OS. The van der Waals surface area contributed by atoms with Gasteiger partial charge in [-0.25, -0.2) is 15.0 Å². The third kappa shape index (κ3) is 3.73. The van der Waals surface area contributed by atoms with Gasteiger partial charge in [-0.15, -0.1) is 0 Å². The van der Waals surface area contributed by atoms with E-state index in [1.54, 1.807) is 12.3 Å². The van der Waals surface area contributed by atoms with Crippen LogP contribution in [0, 0.1) is 0 Å². The maximum Gasteiger partial charge on any atom is 0.274 e. The third-order valence-electron chi connectivity index (χ3n) is 3.78. The first-order chi connectivity index (χ1) is 11.7. The summed E-state index contributed by atoms with van der Waals surface area (Å²) in [5.41, 5.74) is 6.24. The number of nitrogens with zero attached hydrogens (tertiary/aromatic N) is 6.